The fourth-order valence-corrected chi connectivity index (χ4v) is 3.06. The molecule has 5 nitrogen and oxygen atoms in total. The molecule has 0 bridgehead atoms. The number of nitrogens with zero attached hydrogens (tertiary/aromatic N) is 1. The van der Waals surface area contributed by atoms with Crippen molar-refractivity contribution >= 4 is 31.9 Å². The number of hydrogen-bond acceptors (Lipinski definition) is 3. The van der Waals surface area contributed by atoms with Crippen molar-refractivity contribution in [3.63, 3.8) is 0 Å². The summed E-state index contributed by atoms with van der Waals surface area (Å²) in [7, 11) is -3.53. The van der Waals surface area contributed by atoms with Crippen molar-refractivity contribution in [3.05, 3.63) is 28.7 Å². The van der Waals surface area contributed by atoms with Crippen molar-refractivity contribution < 1.29 is 13.2 Å². The highest BCUT2D eigenvalue weighted by molar-refractivity contribution is 9.10. The van der Waals surface area contributed by atoms with Gasteiger partial charge in [0.15, 0.2) is 0 Å². The summed E-state index contributed by atoms with van der Waals surface area (Å²) in [4.78, 5) is 13.2. The number of amides is 1. The quantitative estimate of drug-likeness (QED) is 0.841. The Morgan fingerprint density at radius 1 is 1.30 bits per heavy atom. The lowest BCUT2D eigenvalue weighted by Crippen LogP contribution is -2.41. The first-order chi connectivity index (χ1) is 9.24. The van der Waals surface area contributed by atoms with Gasteiger partial charge in [0.25, 0.3) is 0 Å². The van der Waals surface area contributed by atoms with Gasteiger partial charge in [-0.1, -0.05) is 15.9 Å². The monoisotopic (exact) mass is 362 g/mol. The molecule has 0 radical (unpaired) electrons. The molecule has 0 aromatic heterocycles. The summed E-state index contributed by atoms with van der Waals surface area (Å²) in [6, 6.07) is 6.44. The topological polar surface area (TPSA) is 66.5 Å². The third-order valence-corrected chi connectivity index (χ3v) is 4.80. The molecular weight excluding hydrogens is 344 g/mol. The highest BCUT2D eigenvalue weighted by Crippen LogP contribution is 2.14. The van der Waals surface area contributed by atoms with Crippen LogP contribution in [0.5, 0.6) is 0 Å². The van der Waals surface area contributed by atoms with Crippen LogP contribution in [-0.2, 0) is 14.8 Å². The zero-order chi connectivity index (χ0) is 15.3. The highest BCUT2D eigenvalue weighted by Gasteiger charge is 2.16. The predicted octanol–water partition coefficient (Wildman–Crippen LogP) is 1.98. The number of carbonyl (C=O) groups is 1. The van der Waals surface area contributed by atoms with Crippen LogP contribution in [0.15, 0.2) is 33.6 Å². The molecule has 0 fully saturated rings. The van der Waals surface area contributed by atoms with Gasteiger partial charge in [-0.25, -0.2) is 13.1 Å². The molecule has 0 spiro atoms. The summed E-state index contributed by atoms with van der Waals surface area (Å²) in [6.07, 6.45) is 0. The summed E-state index contributed by atoms with van der Waals surface area (Å²) in [5, 5.41) is 0. The molecule has 1 aromatic carbocycles. The maximum Gasteiger partial charge on any atom is 0.240 e. The first kappa shape index (κ1) is 17.1. The van der Waals surface area contributed by atoms with Gasteiger partial charge in [0, 0.05) is 30.5 Å². The fourth-order valence-electron chi connectivity index (χ4n) is 1.78. The Kier molecular flexibility index (Phi) is 6.16. The van der Waals surface area contributed by atoms with Gasteiger partial charge in [0.2, 0.25) is 15.9 Å². The van der Waals surface area contributed by atoms with Crippen molar-refractivity contribution in [1.82, 2.24) is 9.62 Å². The summed E-state index contributed by atoms with van der Waals surface area (Å²) >= 11 is 3.26. The number of rotatable bonds is 6. The SMILES string of the molecule is CC(=O)N(CCNS(=O)(=O)c1ccc(Br)cc1)C(C)C. The summed E-state index contributed by atoms with van der Waals surface area (Å²) < 4.78 is 27.4. The van der Waals surface area contributed by atoms with Crippen LogP contribution >= 0.6 is 15.9 Å². The smallest absolute Gasteiger partial charge is 0.240 e. The standard InChI is InChI=1S/C13H19BrN2O3S/c1-10(2)16(11(3)17)9-8-15-20(18,19)13-6-4-12(14)5-7-13/h4-7,10,15H,8-9H2,1-3H3. The Morgan fingerprint density at radius 3 is 2.30 bits per heavy atom. The molecule has 0 unspecified atom stereocenters. The summed E-state index contributed by atoms with van der Waals surface area (Å²) in [6.45, 7) is 5.80. The van der Waals surface area contributed by atoms with Crippen molar-refractivity contribution in [2.75, 3.05) is 13.1 Å². The van der Waals surface area contributed by atoms with E-state index in [0.717, 1.165) is 4.47 Å². The van der Waals surface area contributed by atoms with Crippen LogP contribution in [-0.4, -0.2) is 38.4 Å². The molecule has 20 heavy (non-hydrogen) atoms. The average molecular weight is 363 g/mol. The number of hydrogen-bond donors (Lipinski definition) is 1. The van der Waals surface area contributed by atoms with E-state index in [0.29, 0.717) is 6.54 Å². The van der Waals surface area contributed by atoms with Gasteiger partial charge < -0.3 is 4.90 Å². The Labute approximate surface area is 128 Å². The maximum absolute atomic E-state index is 12.0. The van der Waals surface area contributed by atoms with Crippen LogP contribution in [0.25, 0.3) is 0 Å². The molecule has 1 aromatic rings. The molecule has 0 heterocycles. The third-order valence-electron chi connectivity index (χ3n) is 2.80. The number of sulfonamides is 1. The number of benzene rings is 1. The Morgan fingerprint density at radius 2 is 1.85 bits per heavy atom. The molecule has 0 saturated carbocycles. The Hall–Kier alpha value is -0.920. The summed E-state index contributed by atoms with van der Waals surface area (Å²) in [5.41, 5.74) is 0. The maximum atomic E-state index is 12.0. The van der Waals surface area contributed by atoms with Crippen LogP contribution < -0.4 is 4.72 Å². The predicted molar refractivity (Wildman–Crippen MR) is 81.9 cm³/mol. The second-order valence-corrected chi connectivity index (χ2v) is 7.34. The van der Waals surface area contributed by atoms with Gasteiger partial charge in [-0.15, -0.1) is 0 Å². The molecule has 0 saturated heterocycles. The Bertz CT molecular complexity index is 555. The lowest BCUT2D eigenvalue weighted by atomic mass is 10.3. The van der Waals surface area contributed by atoms with Crippen molar-refractivity contribution in [2.24, 2.45) is 0 Å². The molecule has 1 rings (SSSR count). The van der Waals surface area contributed by atoms with Crippen LogP contribution in [0.2, 0.25) is 0 Å². The van der Waals surface area contributed by atoms with Gasteiger partial charge in [-0.05, 0) is 38.1 Å². The third kappa shape index (κ3) is 4.88. The zero-order valence-electron chi connectivity index (χ0n) is 11.8. The van der Waals surface area contributed by atoms with Crippen molar-refractivity contribution in [1.29, 1.82) is 0 Å². The first-order valence-corrected chi connectivity index (χ1v) is 8.54. The van der Waals surface area contributed by atoms with Crippen molar-refractivity contribution in [2.45, 2.75) is 31.7 Å². The van der Waals surface area contributed by atoms with Gasteiger partial charge in [-0.2, -0.15) is 0 Å². The minimum atomic E-state index is -3.53. The van der Waals surface area contributed by atoms with E-state index in [1.165, 1.54) is 19.1 Å². The molecule has 0 aliphatic rings. The summed E-state index contributed by atoms with van der Waals surface area (Å²) in [5.74, 6) is -0.0668. The average Bonchev–Trinajstić information content (AvgIpc) is 2.34. The number of carbonyl (C=O) groups excluding carboxylic acids is 1. The number of nitrogens with one attached hydrogen (secondary N) is 1. The molecule has 0 aliphatic heterocycles. The first-order valence-electron chi connectivity index (χ1n) is 6.26. The second kappa shape index (κ2) is 7.19. The van der Waals surface area contributed by atoms with E-state index in [9.17, 15) is 13.2 Å². The van der Waals surface area contributed by atoms with E-state index < -0.39 is 10.0 Å². The van der Waals surface area contributed by atoms with E-state index in [2.05, 4.69) is 20.7 Å². The second-order valence-electron chi connectivity index (χ2n) is 4.66. The molecular formula is C13H19BrN2O3S. The van der Waals surface area contributed by atoms with E-state index in [4.69, 9.17) is 0 Å². The Balaban J connectivity index is 2.64. The van der Waals surface area contributed by atoms with Gasteiger partial charge in [0.1, 0.15) is 0 Å². The number of halogens is 1. The van der Waals surface area contributed by atoms with Gasteiger partial charge in [0.05, 0.1) is 4.90 Å². The minimum Gasteiger partial charge on any atom is -0.339 e. The van der Waals surface area contributed by atoms with E-state index in [1.807, 2.05) is 13.8 Å². The van der Waals surface area contributed by atoms with Crippen LogP contribution in [0.3, 0.4) is 0 Å². The lowest BCUT2D eigenvalue weighted by Gasteiger charge is -2.25. The minimum absolute atomic E-state index is 0.0460. The van der Waals surface area contributed by atoms with Crippen molar-refractivity contribution in [3.8, 4) is 0 Å². The molecule has 7 heteroatoms. The molecule has 1 N–H and O–H groups in total. The largest absolute Gasteiger partial charge is 0.339 e. The highest BCUT2D eigenvalue weighted by atomic mass is 79.9. The van der Waals surface area contributed by atoms with Gasteiger partial charge in [-0.3, -0.25) is 4.79 Å². The lowest BCUT2D eigenvalue weighted by molar-refractivity contribution is -0.130. The van der Waals surface area contributed by atoms with E-state index in [-0.39, 0.29) is 23.4 Å². The molecule has 112 valence electrons. The molecule has 0 aliphatic carbocycles. The van der Waals surface area contributed by atoms with Gasteiger partial charge >= 0.3 is 0 Å². The van der Waals surface area contributed by atoms with E-state index >= 15 is 0 Å². The molecule has 1 amide bonds. The van der Waals surface area contributed by atoms with E-state index in [1.54, 1.807) is 17.0 Å². The fraction of sp³-hybridized carbons (Fsp3) is 0.462. The van der Waals surface area contributed by atoms with Crippen LogP contribution in [0.1, 0.15) is 20.8 Å². The van der Waals surface area contributed by atoms with Crippen LogP contribution in [0.4, 0.5) is 0 Å². The zero-order valence-corrected chi connectivity index (χ0v) is 14.2. The normalized spacial score (nSPS) is 11.7. The molecule has 0 atom stereocenters. The van der Waals surface area contributed by atoms with Crippen LogP contribution in [0, 0.1) is 0 Å².